The van der Waals surface area contributed by atoms with E-state index in [1.807, 2.05) is 25.1 Å². The number of nitrogen functional groups attached to an aromatic ring is 1. The van der Waals surface area contributed by atoms with Gasteiger partial charge in [0.25, 0.3) is 0 Å². The lowest BCUT2D eigenvalue weighted by atomic mass is 10.1. The lowest BCUT2D eigenvalue weighted by Gasteiger charge is -2.06. The molecule has 1 aromatic carbocycles. The molecule has 2 aromatic rings. The lowest BCUT2D eigenvalue weighted by Crippen LogP contribution is -1.96. The van der Waals surface area contributed by atoms with Crippen LogP contribution in [0.5, 0.6) is 0 Å². The molecule has 0 aliphatic carbocycles. The Bertz CT molecular complexity index is 476. The van der Waals surface area contributed by atoms with Gasteiger partial charge < -0.3 is 5.73 Å². The van der Waals surface area contributed by atoms with Gasteiger partial charge in [-0.05, 0) is 30.2 Å². The number of thiophene rings is 1. The van der Waals surface area contributed by atoms with Crippen LogP contribution in [-0.4, -0.2) is 0 Å². The highest BCUT2D eigenvalue weighted by Gasteiger charge is 2.04. The minimum Gasteiger partial charge on any atom is -0.398 e. The van der Waals surface area contributed by atoms with E-state index in [0.717, 1.165) is 22.0 Å². The number of hydrogen-bond acceptors (Lipinski definition) is 2. The molecular weight excluding hydrogens is 226 g/mol. The summed E-state index contributed by atoms with van der Waals surface area (Å²) in [4.78, 5) is 1.25. The van der Waals surface area contributed by atoms with Gasteiger partial charge in [0, 0.05) is 17.0 Å². The molecule has 0 bridgehead atoms. The minimum absolute atomic E-state index is 0.830. The Balaban J connectivity index is 2.28. The molecule has 0 radical (unpaired) electrons. The molecule has 0 saturated heterocycles. The zero-order valence-electron chi connectivity index (χ0n) is 8.46. The molecular formula is C12H12ClNS. The number of aryl methyl sites for hydroxylation is 1. The number of rotatable bonds is 2. The van der Waals surface area contributed by atoms with Crippen LogP contribution in [0.15, 0.2) is 30.3 Å². The van der Waals surface area contributed by atoms with Gasteiger partial charge in [-0.1, -0.05) is 29.8 Å². The molecule has 0 unspecified atom stereocenters. The van der Waals surface area contributed by atoms with Gasteiger partial charge in [-0.15, -0.1) is 11.3 Å². The van der Waals surface area contributed by atoms with Crippen molar-refractivity contribution in [3.63, 3.8) is 0 Å². The SMILES string of the molecule is Cc1cccc(Cc2ccc(Cl)s2)c1N. The number of benzene rings is 1. The van der Waals surface area contributed by atoms with E-state index in [9.17, 15) is 0 Å². The molecule has 1 heterocycles. The molecule has 0 spiro atoms. The standard InChI is InChI=1S/C12H12ClNS/c1-8-3-2-4-9(12(8)14)7-10-5-6-11(13)15-10/h2-6H,7,14H2,1H3. The van der Waals surface area contributed by atoms with Crippen LogP contribution in [0.1, 0.15) is 16.0 Å². The van der Waals surface area contributed by atoms with Crippen LogP contribution >= 0.6 is 22.9 Å². The van der Waals surface area contributed by atoms with Crippen molar-refractivity contribution < 1.29 is 0 Å². The Labute approximate surface area is 98.5 Å². The molecule has 15 heavy (non-hydrogen) atoms. The van der Waals surface area contributed by atoms with Crippen molar-refractivity contribution in [2.45, 2.75) is 13.3 Å². The van der Waals surface area contributed by atoms with Crippen LogP contribution in [0, 0.1) is 6.92 Å². The maximum absolute atomic E-state index is 6.01. The quantitative estimate of drug-likeness (QED) is 0.789. The van der Waals surface area contributed by atoms with Gasteiger partial charge in [0.05, 0.1) is 4.34 Å². The van der Waals surface area contributed by atoms with Crippen molar-refractivity contribution in [1.82, 2.24) is 0 Å². The topological polar surface area (TPSA) is 26.0 Å². The number of halogens is 1. The Morgan fingerprint density at radius 1 is 1.27 bits per heavy atom. The largest absolute Gasteiger partial charge is 0.398 e. The molecule has 1 nitrogen and oxygen atoms in total. The van der Waals surface area contributed by atoms with Crippen molar-refractivity contribution in [2.75, 3.05) is 5.73 Å². The maximum atomic E-state index is 6.01. The fourth-order valence-corrected chi connectivity index (χ4v) is 2.64. The second-order valence-corrected chi connectivity index (χ2v) is 5.33. The Morgan fingerprint density at radius 3 is 2.73 bits per heavy atom. The van der Waals surface area contributed by atoms with Crippen molar-refractivity contribution in [2.24, 2.45) is 0 Å². The highest BCUT2D eigenvalue weighted by Crippen LogP contribution is 2.26. The second-order valence-electron chi connectivity index (χ2n) is 3.53. The van der Waals surface area contributed by atoms with Crippen molar-refractivity contribution in [1.29, 1.82) is 0 Å². The van der Waals surface area contributed by atoms with Crippen molar-refractivity contribution >= 4 is 28.6 Å². The highest BCUT2D eigenvalue weighted by atomic mass is 35.5. The van der Waals surface area contributed by atoms with E-state index in [4.69, 9.17) is 17.3 Å². The molecule has 0 amide bonds. The van der Waals surface area contributed by atoms with Gasteiger partial charge >= 0.3 is 0 Å². The lowest BCUT2D eigenvalue weighted by molar-refractivity contribution is 1.23. The first-order valence-corrected chi connectivity index (χ1v) is 5.94. The van der Waals surface area contributed by atoms with Gasteiger partial charge in [-0.3, -0.25) is 0 Å². The van der Waals surface area contributed by atoms with Gasteiger partial charge in [0.15, 0.2) is 0 Å². The molecule has 0 aliphatic heterocycles. The molecule has 0 fully saturated rings. The normalized spacial score (nSPS) is 10.5. The summed E-state index contributed by atoms with van der Waals surface area (Å²) in [5.74, 6) is 0. The molecule has 1 aromatic heterocycles. The van der Waals surface area contributed by atoms with Crippen LogP contribution in [0.3, 0.4) is 0 Å². The zero-order chi connectivity index (χ0) is 10.8. The first kappa shape index (κ1) is 10.5. The predicted octanol–water partition coefficient (Wildman–Crippen LogP) is 3.88. The number of hydrogen-bond donors (Lipinski definition) is 1. The van der Waals surface area contributed by atoms with Gasteiger partial charge in [-0.2, -0.15) is 0 Å². The van der Waals surface area contributed by atoms with E-state index in [1.165, 1.54) is 10.4 Å². The Kier molecular flexibility index (Phi) is 2.98. The third kappa shape index (κ3) is 2.33. The maximum Gasteiger partial charge on any atom is 0.0931 e. The summed E-state index contributed by atoms with van der Waals surface area (Å²) >= 11 is 7.49. The molecule has 2 N–H and O–H groups in total. The first-order valence-electron chi connectivity index (χ1n) is 4.75. The van der Waals surface area contributed by atoms with Crippen molar-refractivity contribution in [3.8, 4) is 0 Å². The Hall–Kier alpha value is -0.990. The van der Waals surface area contributed by atoms with Crippen LogP contribution in [-0.2, 0) is 6.42 Å². The predicted molar refractivity (Wildman–Crippen MR) is 67.7 cm³/mol. The molecule has 0 saturated carbocycles. The minimum atomic E-state index is 0.830. The van der Waals surface area contributed by atoms with E-state index in [2.05, 4.69) is 12.1 Å². The van der Waals surface area contributed by atoms with Gasteiger partial charge in [0.1, 0.15) is 0 Å². The average molecular weight is 238 g/mol. The molecule has 2 rings (SSSR count). The number of para-hydroxylation sites is 1. The summed E-state index contributed by atoms with van der Waals surface area (Å²) < 4.78 is 0.830. The fraction of sp³-hybridized carbons (Fsp3) is 0.167. The number of anilines is 1. The highest BCUT2D eigenvalue weighted by molar-refractivity contribution is 7.16. The summed E-state index contributed by atoms with van der Waals surface area (Å²) in [5.41, 5.74) is 9.21. The smallest absolute Gasteiger partial charge is 0.0931 e. The van der Waals surface area contributed by atoms with Crippen molar-refractivity contribution in [3.05, 3.63) is 50.7 Å². The van der Waals surface area contributed by atoms with Crippen LogP contribution < -0.4 is 5.73 Å². The zero-order valence-corrected chi connectivity index (χ0v) is 10.0. The summed E-state index contributed by atoms with van der Waals surface area (Å²) in [6, 6.07) is 10.1. The molecule has 0 atom stereocenters. The van der Waals surface area contributed by atoms with E-state index >= 15 is 0 Å². The van der Waals surface area contributed by atoms with Gasteiger partial charge in [0.2, 0.25) is 0 Å². The second kappa shape index (κ2) is 4.25. The van der Waals surface area contributed by atoms with Crippen LogP contribution in [0.2, 0.25) is 4.34 Å². The van der Waals surface area contributed by atoms with Crippen LogP contribution in [0.25, 0.3) is 0 Å². The summed E-state index contributed by atoms with van der Waals surface area (Å²) in [5, 5.41) is 0. The average Bonchev–Trinajstić information content (AvgIpc) is 2.59. The molecule has 0 aliphatic rings. The van der Waals surface area contributed by atoms with Gasteiger partial charge in [-0.25, -0.2) is 0 Å². The van der Waals surface area contributed by atoms with E-state index in [-0.39, 0.29) is 0 Å². The summed E-state index contributed by atoms with van der Waals surface area (Å²) in [6.45, 7) is 2.03. The summed E-state index contributed by atoms with van der Waals surface area (Å²) in [7, 11) is 0. The third-order valence-electron chi connectivity index (χ3n) is 2.41. The van der Waals surface area contributed by atoms with E-state index < -0.39 is 0 Å². The Morgan fingerprint density at radius 2 is 2.07 bits per heavy atom. The van der Waals surface area contributed by atoms with Crippen LogP contribution in [0.4, 0.5) is 5.69 Å². The number of nitrogens with two attached hydrogens (primary N) is 1. The van der Waals surface area contributed by atoms with E-state index in [1.54, 1.807) is 11.3 Å². The fourth-order valence-electron chi connectivity index (χ4n) is 1.53. The van der Waals surface area contributed by atoms with E-state index in [0.29, 0.717) is 0 Å². The summed E-state index contributed by atoms with van der Waals surface area (Å²) in [6.07, 6.45) is 0.866. The molecule has 78 valence electrons. The third-order valence-corrected chi connectivity index (χ3v) is 3.64. The monoisotopic (exact) mass is 237 g/mol. The molecule has 3 heteroatoms. The first-order chi connectivity index (χ1) is 7.16.